The van der Waals surface area contributed by atoms with Crippen LogP contribution in [-0.4, -0.2) is 75.3 Å². The lowest BCUT2D eigenvalue weighted by molar-refractivity contribution is -0.149. The number of aryl methyl sites for hydroxylation is 1. The van der Waals surface area contributed by atoms with Gasteiger partial charge >= 0.3 is 11.9 Å². The number of unbranched alkanes of at least 4 members (excludes halogenated alkanes) is 12. The first kappa shape index (κ1) is 47.5. The normalized spacial score (nSPS) is 20.8. The first-order valence-electron chi connectivity index (χ1n) is 23.7. The Kier molecular flexibility index (Phi) is 24.0. The van der Waals surface area contributed by atoms with Crippen molar-refractivity contribution in [3.63, 3.8) is 0 Å². The van der Waals surface area contributed by atoms with Gasteiger partial charge in [0.25, 0.3) is 0 Å². The van der Waals surface area contributed by atoms with Crippen molar-refractivity contribution >= 4 is 35.5 Å². The summed E-state index contributed by atoms with van der Waals surface area (Å²) in [4.78, 5) is 33.1. The van der Waals surface area contributed by atoms with Crippen LogP contribution < -0.4 is 0 Å². The Morgan fingerprint density at radius 3 is 1.82 bits per heavy atom. The van der Waals surface area contributed by atoms with Crippen LogP contribution in [0.5, 0.6) is 0 Å². The number of imidazole rings is 1. The smallest absolute Gasteiger partial charge is 0.306 e. The van der Waals surface area contributed by atoms with Crippen molar-refractivity contribution in [2.24, 2.45) is 16.7 Å². The highest BCUT2D eigenvalue weighted by molar-refractivity contribution is 8.17. The minimum atomic E-state index is -0.0389. The number of rotatable bonds is 33. The number of fused-ring (bicyclic) bond motifs is 3. The number of thioether (sulfide) groups is 2. The molecule has 0 amide bonds. The minimum absolute atomic E-state index is 0.00751. The Morgan fingerprint density at radius 1 is 0.714 bits per heavy atom. The molecule has 0 aromatic carbocycles. The molecule has 7 nitrogen and oxygen atoms in total. The lowest BCUT2D eigenvalue weighted by Gasteiger charge is -2.46. The summed E-state index contributed by atoms with van der Waals surface area (Å²) < 4.78 is 14.6. The summed E-state index contributed by atoms with van der Waals surface area (Å²) in [5.41, 5.74) is 0.251. The maximum atomic E-state index is 13.2. The summed E-state index contributed by atoms with van der Waals surface area (Å²) in [5, 5.41) is 0. The number of carbonyl (C=O) groups is 2. The van der Waals surface area contributed by atoms with E-state index in [4.69, 9.17) is 9.47 Å². The van der Waals surface area contributed by atoms with Crippen molar-refractivity contribution in [2.75, 3.05) is 44.4 Å². The molecule has 3 aliphatic carbocycles. The van der Waals surface area contributed by atoms with Gasteiger partial charge in [-0.3, -0.25) is 9.59 Å². The Balaban J connectivity index is 1.19. The number of ether oxygens (including phenoxy) is 2. The fourth-order valence-corrected chi connectivity index (χ4v) is 12.4. The Bertz CT molecular complexity index is 1120. The molecule has 4 aliphatic rings. The molecule has 1 aromatic heterocycles. The van der Waals surface area contributed by atoms with Crippen LogP contribution >= 0.6 is 23.5 Å². The maximum Gasteiger partial charge on any atom is 0.306 e. The van der Waals surface area contributed by atoms with Crippen LogP contribution in [0.25, 0.3) is 0 Å². The number of piperidine rings is 1. The molecule has 9 heteroatoms. The van der Waals surface area contributed by atoms with E-state index in [1.165, 1.54) is 140 Å². The van der Waals surface area contributed by atoms with Crippen molar-refractivity contribution in [1.82, 2.24) is 14.5 Å². The number of hydrogen-bond donors (Lipinski definition) is 0. The second-order valence-corrected chi connectivity index (χ2v) is 21.0. The van der Waals surface area contributed by atoms with Crippen LogP contribution in [0.15, 0.2) is 18.7 Å². The molecular formula is C47H83N3O4S2. The van der Waals surface area contributed by atoms with Crippen molar-refractivity contribution in [3.8, 4) is 0 Å². The molecule has 1 aliphatic heterocycles. The second kappa shape index (κ2) is 28.3. The molecule has 5 rings (SSSR count). The van der Waals surface area contributed by atoms with E-state index in [1.54, 1.807) is 0 Å². The van der Waals surface area contributed by atoms with E-state index in [0.717, 1.165) is 70.6 Å². The van der Waals surface area contributed by atoms with Gasteiger partial charge in [0.2, 0.25) is 0 Å². The molecule has 0 N–H and O–H groups in total. The Labute approximate surface area is 352 Å². The SMILES string of the molecule is CCCCCCCCCSC(CCC(=O)OCCC1(CCOC(=O)CC23CCC(CC2)CC3)CCN(CCCn2ccnc2)CC1)SCCCCCCCCC. The molecular weight excluding hydrogens is 735 g/mol. The number of nitrogens with zero attached hydrogens (tertiary/aromatic N) is 3. The van der Waals surface area contributed by atoms with Crippen LogP contribution in [0.4, 0.5) is 0 Å². The highest BCUT2D eigenvalue weighted by atomic mass is 32.2. The molecule has 2 heterocycles. The summed E-state index contributed by atoms with van der Waals surface area (Å²) in [6.07, 6.45) is 39.1. The highest BCUT2D eigenvalue weighted by Gasteiger charge is 2.42. The molecule has 0 spiro atoms. The average Bonchev–Trinajstić information content (AvgIpc) is 3.73. The van der Waals surface area contributed by atoms with Gasteiger partial charge in [-0.05, 0) is 138 Å². The third-order valence-corrected chi connectivity index (χ3v) is 16.7. The second-order valence-electron chi connectivity index (χ2n) is 18.0. The van der Waals surface area contributed by atoms with Crippen molar-refractivity contribution in [2.45, 2.75) is 205 Å². The van der Waals surface area contributed by atoms with Gasteiger partial charge in [0.1, 0.15) is 0 Å². The zero-order valence-corrected chi connectivity index (χ0v) is 37.8. The Hall–Kier alpha value is -1.19. The minimum Gasteiger partial charge on any atom is -0.466 e. The van der Waals surface area contributed by atoms with Crippen molar-refractivity contribution < 1.29 is 19.1 Å². The standard InChI is InChI=1S/C47H83N3O4S2/c1-3-5-7-9-11-13-15-38-55-45(56-39-16-14-12-10-8-6-4-2)19-18-43(51)53-36-28-46(26-33-49(34-27-46)31-17-32-50-35-30-48-41-50)29-37-54-44(52)40-47-23-20-42(21-24-47)22-25-47/h30,35,41-42,45H,3-29,31-34,36-40H2,1-2H3. The number of carbonyl (C=O) groups excluding carboxylic acids is 2. The number of esters is 2. The van der Waals surface area contributed by atoms with Gasteiger partial charge in [-0.2, -0.15) is 0 Å². The molecule has 2 bridgehead atoms. The number of hydrogen-bond acceptors (Lipinski definition) is 8. The summed E-state index contributed by atoms with van der Waals surface area (Å²) in [6.45, 7) is 9.69. The van der Waals surface area contributed by atoms with Gasteiger partial charge in [-0.15, -0.1) is 23.5 Å². The molecule has 4 fully saturated rings. The molecule has 322 valence electrons. The van der Waals surface area contributed by atoms with Crippen LogP contribution in [0.1, 0.15) is 194 Å². The molecule has 0 atom stereocenters. The number of aromatic nitrogens is 2. The van der Waals surface area contributed by atoms with E-state index in [0.29, 0.717) is 30.6 Å². The van der Waals surface area contributed by atoms with Gasteiger partial charge in [-0.1, -0.05) is 90.9 Å². The quantitative estimate of drug-likeness (QED) is 0.0394. The lowest BCUT2D eigenvalue weighted by atomic mass is 9.59. The van der Waals surface area contributed by atoms with E-state index >= 15 is 0 Å². The first-order valence-corrected chi connectivity index (χ1v) is 25.8. The summed E-state index contributed by atoms with van der Waals surface area (Å²) >= 11 is 4.18. The zero-order valence-electron chi connectivity index (χ0n) is 36.1. The zero-order chi connectivity index (χ0) is 39.6. The third kappa shape index (κ3) is 19.3. The fourth-order valence-electron chi connectivity index (χ4n) is 9.57. The van der Waals surface area contributed by atoms with E-state index in [2.05, 4.69) is 51.8 Å². The average molecular weight is 818 g/mol. The van der Waals surface area contributed by atoms with Gasteiger partial charge in [0.15, 0.2) is 0 Å². The fraction of sp³-hybridized carbons (Fsp3) is 0.894. The summed E-state index contributed by atoms with van der Waals surface area (Å²) in [7, 11) is 0. The van der Waals surface area contributed by atoms with Crippen LogP contribution in [-0.2, 0) is 25.6 Å². The van der Waals surface area contributed by atoms with Crippen LogP contribution in [0.3, 0.4) is 0 Å². The predicted octanol–water partition coefficient (Wildman–Crippen LogP) is 12.7. The predicted molar refractivity (Wildman–Crippen MR) is 238 cm³/mol. The van der Waals surface area contributed by atoms with Gasteiger partial charge in [-0.25, -0.2) is 4.98 Å². The molecule has 0 unspecified atom stereocenters. The maximum absolute atomic E-state index is 13.2. The number of likely N-dealkylation sites (tertiary alicyclic amines) is 1. The monoisotopic (exact) mass is 818 g/mol. The summed E-state index contributed by atoms with van der Waals surface area (Å²) in [6, 6.07) is 0. The van der Waals surface area contributed by atoms with E-state index in [-0.39, 0.29) is 22.8 Å². The van der Waals surface area contributed by atoms with E-state index in [9.17, 15) is 9.59 Å². The summed E-state index contributed by atoms with van der Waals surface area (Å²) in [5.74, 6) is 3.27. The van der Waals surface area contributed by atoms with E-state index in [1.807, 2.05) is 18.7 Å². The first-order chi connectivity index (χ1) is 27.4. The topological polar surface area (TPSA) is 73.7 Å². The van der Waals surface area contributed by atoms with E-state index < -0.39 is 0 Å². The van der Waals surface area contributed by atoms with Crippen molar-refractivity contribution in [1.29, 1.82) is 0 Å². The largest absolute Gasteiger partial charge is 0.466 e. The van der Waals surface area contributed by atoms with Gasteiger partial charge in [0, 0.05) is 25.4 Å². The molecule has 1 saturated heterocycles. The molecule has 3 saturated carbocycles. The third-order valence-electron chi connectivity index (χ3n) is 13.6. The highest BCUT2D eigenvalue weighted by Crippen LogP contribution is 2.52. The van der Waals surface area contributed by atoms with Gasteiger partial charge in [0.05, 0.1) is 30.5 Å². The lowest BCUT2D eigenvalue weighted by Crippen LogP contribution is -2.42. The van der Waals surface area contributed by atoms with Crippen LogP contribution in [0.2, 0.25) is 0 Å². The molecule has 1 aromatic rings. The Morgan fingerprint density at radius 2 is 1.27 bits per heavy atom. The van der Waals surface area contributed by atoms with Crippen molar-refractivity contribution in [3.05, 3.63) is 18.7 Å². The molecule has 56 heavy (non-hydrogen) atoms. The van der Waals surface area contributed by atoms with Crippen LogP contribution in [0, 0.1) is 16.7 Å². The molecule has 0 radical (unpaired) electrons. The van der Waals surface area contributed by atoms with Gasteiger partial charge < -0.3 is 18.9 Å².